The van der Waals surface area contributed by atoms with Crippen molar-refractivity contribution in [2.45, 2.75) is 23.8 Å². The van der Waals surface area contributed by atoms with Crippen molar-refractivity contribution in [3.05, 3.63) is 94.5 Å². The van der Waals surface area contributed by atoms with Crippen LogP contribution < -0.4 is 5.32 Å². The second-order valence-electron chi connectivity index (χ2n) is 8.86. The number of carbonyl (C=O) groups excluding carboxylic acids is 3. The molecule has 184 valence electrons. The Kier molecular flexibility index (Phi) is 6.29. The molecule has 8 nitrogen and oxygen atoms in total. The number of nitrogens with zero attached hydrogens (tertiary/aromatic N) is 1. The Bertz CT molecular complexity index is 1470. The molecule has 2 aliphatic rings. The van der Waals surface area contributed by atoms with Crippen molar-refractivity contribution in [1.29, 1.82) is 0 Å². The zero-order valence-electron chi connectivity index (χ0n) is 19.6. The van der Waals surface area contributed by atoms with Gasteiger partial charge in [-0.15, -0.1) is 0 Å². The third-order valence-electron chi connectivity index (χ3n) is 6.49. The van der Waals surface area contributed by atoms with Gasteiger partial charge in [-0.2, -0.15) is 4.31 Å². The van der Waals surface area contributed by atoms with Gasteiger partial charge in [-0.1, -0.05) is 24.3 Å². The standard InChI is InChI=1S/C27H24N2O6S/c1-29(16-19-5-4-14-35-19)36(33,34)20-11-8-17(9-12-20)27(32)28-18-10-13-23-24(15-18)26(31)22-7-3-2-6-21(22)25(23)30/h2-3,6-13,15,19H,4-5,14,16H2,1H3,(H,28,32). The summed E-state index contributed by atoms with van der Waals surface area (Å²) in [7, 11) is -2.21. The molecule has 1 fully saturated rings. The van der Waals surface area contributed by atoms with E-state index < -0.39 is 15.9 Å². The predicted octanol–water partition coefficient (Wildman–Crippen LogP) is 3.51. The molecule has 1 atom stereocenters. The van der Waals surface area contributed by atoms with Crippen molar-refractivity contribution in [1.82, 2.24) is 4.31 Å². The molecule has 1 amide bonds. The molecule has 9 heteroatoms. The summed E-state index contributed by atoms with van der Waals surface area (Å²) in [6.45, 7) is 0.916. The summed E-state index contributed by atoms with van der Waals surface area (Å²) in [4.78, 5) is 38.6. The molecule has 1 unspecified atom stereocenters. The number of anilines is 1. The molecule has 3 aromatic rings. The van der Waals surface area contributed by atoms with Crippen LogP contribution in [0.5, 0.6) is 0 Å². The first-order chi connectivity index (χ1) is 17.3. The summed E-state index contributed by atoms with van der Waals surface area (Å²) in [5.74, 6) is -0.987. The summed E-state index contributed by atoms with van der Waals surface area (Å²) >= 11 is 0. The van der Waals surface area contributed by atoms with E-state index in [1.165, 1.54) is 47.8 Å². The molecule has 1 aliphatic heterocycles. The van der Waals surface area contributed by atoms with Gasteiger partial charge >= 0.3 is 0 Å². The number of carbonyl (C=O) groups is 3. The number of rotatable bonds is 6. The monoisotopic (exact) mass is 504 g/mol. The van der Waals surface area contributed by atoms with Gasteiger partial charge in [-0.25, -0.2) is 8.42 Å². The van der Waals surface area contributed by atoms with Crippen molar-refractivity contribution < 1.29 is 27.5 Å². The lowest BCUT2D eigenvalue weighted by Gasteiger charge is -2.20. The van der Waals surface area contributed by atoms with E-state index in [0.717, 1.165) is 12.8 Å². The van der Waals surface area contributed by atoms with Crippen LogP contribution in [0.3, 0.4) is 0 Å². The van der Waals surface area contributed by atoms with E-state index in [4.69, 9.17) is 4.74 Å². The Balaban J connectivity index is 1.31. The van der Waals surface area contributed by atoms with Crippen LogP contribution in [0.2, 0.25) is 0 Å². The third kappa shape index (κ3) is 4.37. The van der Waals surface area contributed by atoms with E-state index in [-0.39, 0.29) is 40.2 Å². The van der Waals surface area contributed by atoms with Crippen molar-refractivity contribution in [3.8, 4) is 0 Å². The van der Waals surface area contributed by atoms with E-state index in [9.17, 15) is 22.8 Å². The number of fused-ring (bicyclic) bond motifs is 2. The minimum absolute atomic E-state index is 0.0797. The normalized spacial score (nSPS) is 17.1. The molecule has 0 spiro atoms. The molecule has 0 saturated carbocycles. The fraction of sp³-hybridized carbons (Fsp3) is 0.222. The number of hydrogen-bond donors (Lipinski definition) is 1. The lowest BCUT2D eigenvalue weighted by Crippen LogP contribution is -2.34. The lowest BCUT2D eigenvalue weighted by molar-refractivity contribution is 0.0978. The van der Waals surface area contributed by atoms with Crippen LogP contribution in [-0.4, -0.2) is 56.5 Å². The number of ether oxygens (including phenoxy) is 1. The van der Waals surface area contributed by atoms with Crippen LogP contribution in [0.15, 0.2) is 71.6 Å². The van der Waals surface area contributed by atoms with Crippen molar-refractivity contribution in [2.75, 3.05) is 25.5 Å². The Hall–Kier alpha value is -3.66. The van der Waals surface area contributed by atoms with Gasteiger partial charge in [-0.05, 0) is 55.3 Å². The number of likely N-dealkylation sites (N-methyl/N-ethyl adjacent to an activating group) is 1. The van der Waals surface area contributed by atoms with E-state index in [1.807, 2.05) is 0 Å². The van der Waals surface area contributed by atoms with Gasteiger partial charge in [0.15, 0.2) is 11.6 Å². The predicted molar refractivity (Wildman–Crippen MR) is 133 cm³/mol. The summed E-state index contributed by atoms with van der Waals surface area (Å²) in [5.41, 5.74) is 1.82. The molecule has 3 aromatic carbocycles. The Morgan fingerprint density at radius 3 is 2.22 bits per heavy atom. The summed E-state index contributed by atoms with van der Waals surface area (Å²) < 4.78 is 32.6. The highest BCUT2D eigenvalue weighted by molar-refractivity contribution is 7.89. The van der Waals surface area contributed by atoms with E-state index >= 15 is 0 Å². The summed E-state index contributed by atoms with van der Waals surface area (Å²) in [6, 6.07) is 16.9. The molecule has 0 aromatic heterocycles. The zero-order chi connectivity index (χ0) is 25.4. The molecule has 1 saturated heterocycles. The number of amides is 1. The molecule has 1 heterocycles. The van der Waals surface area contributed by atoms with E-state index in [2.05, 4.69) is 5.32 Å². The second kappa shape index (κ2) is 9.42. The molecule has 36 heavy (non-hydrogen) atoms. The van der Waals surface area contributed by atoms with Crippen molar-refractivity contribution in [2.24, 2.45) is 0 Å². The fourth-order valence-electron chi connectivity index (χ4n) is 4.51. The molecule has 0 bridgehead atoms. The van der Waals surface area contributed by atoms with Crippen LogP contribution in [0.25, 0.3) is 0 Å². The molecule has 5 rings (SSSR count). The maximum absolute atomic E-state index is 12.9. The molecule has 1 N–H and O–H groups in total. The van der Waals surface area contributed by atoms with E-state index in [1.54, 1.807) is 30.3 Å². The lowest BCUT2D eigenvalue weighted by atomic mass is 9.84. The number of sulfonamides is 1. The first-order valence-electron chi connectivity index (χ1n) is 11.6. The van der Waals surface area contributed by atoms with Crippen LogP contribution in [0.4, 0.5) is 5.69 Å². The fourth-order valence-corrected chi connectivity index (χ4v) is 5.71. The van der Waals surface area contributed by atoms with Crippen LogP contribution in [0.1, 0.15) is 55.0 Å². The Morgan fingerprint density at radius 1 is 0.944 bits per heavy atom. The minimum atomic E-state index is -3.72. The SMILES string of the molecule is CN(CC1CCCO1)S(=O)(=O)c1ccc(C(=O)Nc2ccc3c(c2)C(=O)c2ccccc2C3=O)cc1. The number of benzene rings is 3. The average molecular weight is 505 g/mol. The van der Waals surface area contributed by atoms with E-state index in [0.29, 0.717) is 29.0 Å². The highest BCUT2D eigenvalue weighted by Crippen LogP contribution is 2.29. The third-order valence-corrected chi connectivity index (χ3v) is 8.33. The second-order valence-corrected chi connectivity index (χ2v) is 10.9. The number of nitrogens with one attached hydrogen (secondary N) is 1. The molecule has 1 aliphatic carbocycles. The van der Waals surface area contributed by atoms with Crippen molar-refractivity contribution in [3.63, 3.8) is 0 Å². The van der Waals surface area contributed by atoms with Crippen LogP contribution in [0, 0.1) is 0 Å². The molecule has 0 radical (unpaired) electrons. The van der Waals surface area contributed by atoms with Gasteiger partial charge in [0, 0.05) is 53.7 Å². The largest absolute Gasteiger partial charge is 0.377 e. The van der Waals surface area contributed by atoms with Gasteiger partial charge in [0.05, 0.1) is 11.0 Å². The van der Waals surface area contributed by atoms with Gasteiger partial charge in [-0.3, -0.25) is 14.4 Å². The Labute approximate surface area is 208 Å². The van der Waals surface area contributed by atoms with Crippen LogP contribution >= 0.6 is 0 Å². The van der Waals surface area contributed by atoms with Crippen LogP contribution in [-0.2, 0) is 14.8 Å². The Morgan fingerprint density at radius 2 is 1.58 bits per heavy atom. The van der Waals surface area contributed by atoms with Gasteiger partial charge in [0.2, 0.25) is 10.0 Å². The quantitative estimate of drug-likeness (QED) is 0.430. The first kappa shape index (κ1) is 24.1. The maximum Gasteiger partial charge on any atom is 0.255 e. The summed E-state index contributed by atoms with van der Waals surface area (Å²) in [6.07, 6.45) is 1.64. The highest BCUT2D eigenvalue weighted by atomic mass is 32.2. The maximum atomic E-state index is 12.9. The first-order valence-corrected chi connectivity index (χ1v) is 13.0. The average Bonchev–Trinajstić information content (AvgIpc) is 3.40. The summed E-state index contributed by atoms with van der Waals surface area (Å²) in [5, 5.41) is 2.72. The molecular formula is C27H24N2O6S. The minimum Gasteiger partial charge on any atom is -0.377 e. The smallest absolute Gasteiger partial charge is 0.255 e. The number of ketones is 2. The van der Waals surface area contributed by atoms with Crippen molar-refractivity contribution >= 4 is 33.2 Å². The zero-order valence-corrected chi connectivity index (χ0v) is 20.4. The van der Waals surface area contributed by atoms with Gasteiger partial charge < -0.3 is 10.1 Å². The molecular weight excluding hydrogens is 480 g/mol. The van der Waals surface area contributed by atoms with Gasteiger partial charge in [0.1, 0.15) is 0 Å². The number of hydrogen-bond acceptors (Lipinski definition) is 6. The topological polar surface area (TPSA) is 110 Å². The highest BCUT2D eigenvalue weighted by Gasteiger charge is 2.30. The van der Waals surface area contributed by atoms with Gasteiger partial charge in [0.25, 0.3) is 5.91 Å².